The Morgan fingerprint density at radius 1 is 1.09 bits per heavy atom. The molecule has 2 aromatic carbocycles. The van der Waals surface area contributed by atoms with Gasteiger partial charge in [0.1, 0.15) is 11.3 Å². The van der Waals surface area contributed by atoms with Crippen molar-refractivity contribution in [1.82, 2.24) is 4.90 Å². The van der Waals surface area contributed by atoms with Gasteiger partial charge in [-0.1, -0.05) is 43.2 Å². The Morgan fingerprint density at radius 3 is 2.42 bits per heavy atom. The Hall–Kier alpha value is -2.50. The normalized spacial score (nSPS) is 19.0. The molecular weight excluding hydrogens is 436 g/mol. The van der Waals surface area contributed by atoms with Gasteiger partial charge in [-0.2, -0.15) is 0 Å². The number of rotatable bonds is 5. The number of aromatic hydroxyl groups is 1. The van der Waals surface area contributed by atoms with E-state index in [9.17, 15) is 9.90 Å². The van der Waals surface area contributed by atoms with Crippen LogP contribution < -0.4 is 4.90 Å². The Morgan fingerprint density at radius 2 is 1.79 bits per heavy atom. The molecule has 1 aliphatic heterocycles. The van der Waals surface area contributed by atoms with Crippen LogP contribution in [0.25, 0.3) is 5.57 Å². The van der Waals surface area contributed by atoms with Crippen LogP contribution in [0.15, 0.2) is 48.0 Å². The molecular formula is C27H33ClN2O3. The number of halogens is 1. The summed E-state index contributed by atoms with van der Waals surface area (Å²) < 4.78 is 4.72. The number of carbonyl (C=O) groups is 1. The van der Waals surface area contributed by atoms with E-state index in [1.54, 1.807) is 17.7 Å². The number of allylic oxidation sites excluding steroid dienone is 1. The van der Waals surface area contributed by atoms with Crippen LogP contribution in [0.4, 0.5) is 5.69 Å². The lowest BCUT2D eigenvalue weighted by molar-refractivity contribution is 0.0597. The Bertz CT molecular complexity index is 1040. The van der Waals surface area contributed by atoms with Crippen molar-refractivity contribution in [3.8, 4) is 5.75 Å². The van der Waals surface area contributed by atoms with Crippen molar-refractivity contribution >= 4 is 28.8 Å². The minimum Gasteiger partial charge on any atom is -0.507 e. The predicted octanol–water partition coefficient (Wildman–Crippen LogP) is 5.62. The van der Waals surface area contributed by atoms with Gasteiger partial charge in [-0.05, 0) is 60.1 Å². The van der Waals surface area contributed by atoms with Crippen molar-refractivity contribution in [2.24, 2.45) is 5.41 Å². The number of ether oxygens (including phenoxy) is 1. The van der Waals surface area contributed by atoms with E-state index in [0.717, 1.165) is 56.3 Å². The highest BCUT2D eigenvalue weighted by Gasteiger charge is 2.29. The van der Waals surface area contributed by atoms with Crippen molar-refractivity contribution in [2.45, 2.75) is 33.1 Å². The molecule has 0 spiro atoms. The van der Waals surface area contributed by atoms with Gasteiger partial charge in [-0.15, -0.1) is 0 Å². The zero-order valence-electron chi connectivity index (χ0n) is 19.7. The topological polar surface area (TPSA) is 53.0 Å². The summed E-state index contributed by atoms with van der Waals surface area (Å²) in [4.78, 5) is 16.5. The summed E-state index contributed by atoms with van der Waals surface area (Å²) in [6, 6.07) is 13.5. The van der Waals surface area contributed by atoms with Crippen LogP contribution in [-0.4, -0.2) is 55.8 Å². The highest BCUT2D eigenvalue weighted by atomic mass is 35.5. The number of benzene rings is 2. The first-order valence-electron chi connectivity index (χ1n) is 11.6. The largest absolute Gasteiger partial charge is 0.507 e. The van der Waals surface area contributed by atoms with E-state index >= 15 is 0 Å². The number of methoxy groups -OCH3 is 1. The Balaban J connectivity index is 1.44. The second-order valence-electron chi connectivity index (χ2n) is 9.89. The highest BCUT2D eigenvalue weighted by molar-refractivity contribution is 6.30. The quantitative estimate of drug-likeness (QED) is 0.577. The fourth-order valence-corrected chi connectivity index (χ4v) is 5.02. The summed E-state index contributed by atoms with van der Waals surface area (Å²) in [6.45, 7) is 9.39. The van der Waals surface area contributed by atoms with Gasteiger partial charge >= 0.3 is 5.97 Å². The first-order valence-corrected chi connectivity index (χ1v) is 12.0. The molecule has 5 nitrogen and oxygen atoms in total. The van der Waals surface area contributed by atoms with Gasteiger partial charge in [0.2, 0.25) is 0 Å². The van der Waals surface area contributed by atoms with E-state index in [2.05, 4.69) is 35.8 Å². The molecule has 176 valence electrons. The molecule has 0 bridgehead atoms. The van der Waals surface area contributed by atoms with Crippen molar-refractivity contribution in [3.05, 3.63) is 64.2 Å². The van der Waals surface area contributed by atoms with E-state index in [4.69, 9.17) is 16.3 Å². The molecule has 2 aliphatic rings. The average Bonchev–Trinajstić information content (AvgIpc) is 2.80. The number of hydrogen-bond donors (Lipinski definition) is 1. The minimum atomic E-state index is -0.524. The lowest BCUT2D eigenvalue weighted by Crippen LogP contribution is -2.47. The number of phenolic OH excluding ortho intramolecular Hbond substituents is 1. The monoisotopic (exact) mass is 468 g/mol. The molecule has 1 N–H and O–H groups in total. The molecule has 1 heterocycles. The molecule has 2 aromatic rings. The maximum absolute atomic E-state index is 11.7. The molecule has 4 rings (SSSR count). The standard InChI is InChI=1S/C27H33ClN2O3/c1-27(2)11-10-20(24(17-27)19-4-6-21(28)7-5-19)18-29-12-14-30(15-13-29)22-8-9-23(25(31)16-22)26(32)33-3/h4-9,16,31H,10-15,17-18H2,1-3H3. The molecule has 1 fully saturated rings. The van der Waals surface area contributed by atoms with Crippen molar-refractivity contribution in [2.75, 3.05) is 44.7 Å². The first-order chi connectivity index (χ1) is 15.8. The van der Waals surface area contributed by atoms with E-state index in [1.807, 2.05) is 18.2 Å². The second kappa shape index (κ2) is 9.78. The van der Waals surface area contributed by atoms with Crippen LogP contribution in [0.1, 0.15) is 49.0 Å². The third-order valence-corrected chi connectivity index (χ3v) is 7.17. The fourth-order valence-electron chi connectivity index (χ4n) is 4.90. The van der Waals surface area contributed by atoms with Gasteiger partial charge in [-0.3, -0.25) is 4.90 Å². The zero-order valence-corrected chi connectivity index (χ0v) is 20.5. The lowest BCUT2D eigenvalue weighted by Gasteiger charge is -2.39. The Labute approximate surface area is 201 Å². The SMILES string of the molecule is COC(=O)c1ccc(N2CCN(CC3=C(c4ccc(Cl)cc4)CC(C)(C)CC3)CC2)cc1O. The molecule has 6 heteroatoms. The number of piperazine rings is 1. The predicted molar refractivity (Wildman–Crippen MR) is 134 cm³/mol. The third kappa shape index (κ3) is 5.53. The van der Waals surface area contributed by atoms with Crippen LogP contribution in [0.2, 0.25) is 5.02 Å². The summed E-state index contributed by atoms with van der Waals surface area (Å²) in [7, 11) is 1.32. The maximum atomic E-state index is 11.7. The number of hydrogen-bond acceptors (Lipinski definition) is 5. The van der Waals surface area contributed by atoms with E-state index in [-0.39, 0.29) is 11.3 Å². The summed E-state index contributed by atoms with van der Waals surface area (Å²) in [6.07, 6.45) is 3.44. The van der Waals surface area contributed by atoms with Crippen molar-refractivity contribution < 1.29 is 14.6 Å². The summed E-state index contributed by atoms with van der Waals surface area (Å²) in [5, 5.41) is 11.0. The number of anilines is 1. The van der Waals surface area contributed by atoms with Crippen LogP contribution in [0.5, 0.6) is 5.75 Å². The van der Waals surface area contributed by atoms with Crippen LogP contribution in [-0.2, 0) is 4.74 Å². The van der Waals surface area contributed by atoms with Gasteiger partial charge < -0.3 is 14.7 Å². The number of phenols is 1. The molecule has 0 radical (unpaired) electrons. The maximum Gasteiger partial charge on any atom is 0.341 e. The first kappa shape index (κ1) is 23.7. The number of carbonyl (C=O) groups excluding carboxylic acids is 1. The molecule has 1 aliphatic carbocycles. The van der Waals surface area contributed by atoms with E-state index < -0.39 is 5.97 Å². The fraction of sp³-hybridized carbons (Fsp3) is 0.444. The average molecular weight is 469 g/mol. The van der Waals surface area contributed by atoms with Gasteiger partial charge in [0, 0.05) is 49.5 Å². The molecule has 0 aromatic heterocycles. The lowest BCUT2D eigenvalue weighted by atomic mass is 9.72. The summed E-state index contributed by atoms with van der Waals surface area (Å²) in [5.74, 6) is -0.561. The third-order valence-electron chi connectivity index (χ3n) is 6.92. The second-order valence-corrected chi connectivity index (χ2v) is 10.3. The van der Waals surface area contributed by atoms with Gasteiger partial charge in [0.05, 0.1) is 7.11 Å². The van der Waals surface area contributed by atoms with Crippen molar-refractivity contribution in [3.63, 3.8) is 0 Å². The van der Waals surface area contributed by atoms with E-state index in [0.29, 0.717) is 5.41 Å². The Kier molecular flexibility index (Phi) is 7.01. The molecule has 1 saturated heterocycles. The van der Waals surface area contributed by atoms with Crippen LogP contribution >= 0.6 is 11.6 Å². The smallest absolute Gasteiger partial charge is 0.341 e. The molecule has 0 atom stereocenters. The van der Waals surface area contributed by atoms with E-state index in [1.165, 1.54) is 24.7 Å². The molecule has 0 unspecified atom stereocenters. The van der Waals surface area contributed by atoms with Crippen molar-refractivity contribution in [1.29, 1.82) is 0 Å². The molecule has 33 heavy (non-hydrogen) atoms. The molecule has 0 amide bonds. The van der Waals surface area contributed by atoms with Gasteiger partial charge in [0.15, 0.2) is 0 Å². The van der Waals surface area contributed by atoms with Crippen LogP contribution in [0, 0.1) is 5.41 Å². The summed E-state index contributed by atoms with van der Waals surface area (Å²) >= 11 is 6.14. The number of nitrogens with zero attached hydrogens (tertiary/aromatic N) is 2. The zero-order chi connectivity index (χ0) is 23.6. The van der Waals surface area contributed by atoms with Gasteiger partial charge in [-0.25, -0.2) is 4.79 Å². The van der Waals surface area contributed by atoms with Crippen LogP contribution in [0.3, 0.4) is 0 Å². The van der Waals surface area contributed by atoms with Gasteiger partial charge in [0.25, 0.3) is 0 Å². The number of esters is 1. The minimum absolute atomic E-state index is 0.0376. The highest BCUT2D eigenvalue weighted by Crippen LogP contribution is 2.43. The summed E-state index contributed by atoms with van der Waals surface area (Å²) in [5.41, 5.74) is 5.76. The molecule has 0 saturated carbocycles.